The summed E-state index contributed by atoms with van der Waals surface area (Å²) in [6, 6.07) is 16.3. The van der Waals surface area contributed by atoms with Gasteiger partial charge in [-0.2, -0.15) is 5.26 Å². The van der Waals surface area contributed by atoms with Crippen molar-refractivity contribution in [3.63, 3.8) is 0 Å². The molecule has 1 aliphatic rings. The van der Waals surface area contributed by atoms with Crippen molar-refractivity contribution in [3.8, 4) is 6.07 Å². The highest BCUT2D eigenvalue weighted by molar-refractivity contribution is 5.82. The fourth-order valence-corrected chi connectivity index (χ4v) is 2.74. The zero-order valence-corrected chi connectivity index (χ0v) is 12.5. The number of hydrogen-bond acceptors (Lipinski definition) is 4. The van der Waals surface area contributed by atoms with Crippen molar-refractivity contribution < 1.29 is 9.90 Å². The van der Waals surface area contributed by atoms with Crippen LogP contribution in [-0.2, 0) is 11.2 Å². The monoisotopic (exact) mass is 307 g/mol. The third-order valence-corrected chi connectivity index (χ3v) is 3.95. The largest absolute Gasteiger partial charge is 0.383 e. The fraction of sp³-hybridized carbons (Fsp3) is 0.222. The highest BCUT2D eigenvalue weighted by Gasteiger charge is 2.24. The van der Waals surface area contributed by atoms with Gasteiger partial charge in [0.15, 0.2) is 6.10 Å². The molecule has 2 atom stereocenters. The molecule has 3 rings (SSSR count). The fourth-order valence-electron chi connectivity index (χ4n) is 2.74. The van der Waals surface area contributed by atoms with E-state index < -0.39 is 12.0 Å². The lowest BCUT2D eigenvalue weighted by Gasteiger charge is -2.28. The summed E-state index contributed by atoms with van der Waals surface area (Å²) >= 11 is 0. The van der Waals surface area contributed by atoms with Gasteiger partial charge in [-0.1, -0.05) is 30.3 Å². The Kier molecular flexibility index (Phi) is 4.26. The Morgan fingerprint density at radius 1 is 1.30 bits per heavy atom. The normalized spacial score (nSPS) is 17.3. The van der Waals surface area contributed by atoms with Crippen molar-refractivity contribution in [2.24, 2.45) is 0 Å². The molecule has 0 aliphatic carbocycles. The number of rotatable bonds is 3. The van der Waals surface area contributed by atoms with Crippen molar-refractivity contribution in [1.82, 2.24) is 5.32 Å². The Morgan fingerprint density at radius 2 is 2.09 bits per heavy atom. The predicted molar refractivity (Wildman–Crippen MR) is 86.7 cm³/mol. The van der Waals surface area contributed by atoms with Crippen LogP contribution in [0.15, 0.2) is 48.5 Å². The first-order valence-corrected chi connectivity index (χ1v) is 7.47. The number of nitrogens with one attached hydrogen (secondary N) is 2. The minimum Gasteiger partial charge on any atom is -0.383 e. The van der Waals surface area contributed by atoms with E-state index >= 15 is 0 Å². The molecule has 0 unspecified atom stereocenters. The summed E-state index contributed by atoms with van der Waals surface area (Å²) in [6.07, 6.45) is -0.548. The third kappa shape index (κ3) is 3.33. The van der Waals surface area contributed by atoms with Crippen LogP contribution in [0.25, 0.3) is 0 Å². The smallest absolute Gasteiger partial charge is 0.253 e. The molecule has 1 heterocycles. The third-order valence-electron chi connectivity index (χ3n) is 3.95. The first-order valence-electron chi connectivity index (χ1n) is 7.47. The van der Waals surface area contributed by atoms with Crippen LogP contribution >= 0.6 is 0 Å². The molecule has 0 bridgehead atoms. The molecule has 23 heavy (non-hydrogen) atoms. The Hall–Kier alpha value is -2.84. The van der Waals surface area contributed by atoms with Gasteiger partial charge in [0.2, 0.25) is 0 Å². The van der Waals surface area contributed by atoms with Gasteiger partial charge >= 0.3 is 0 Å². The maximum absolute atomic E-state index is 12.2. The van der Waals surface area contributed by atoms with Gasteiger partial charge in [0.25, 0.3) is 5.91 Å². The zero-order valence-electron chi connectivity index (χ0n) is 12.5. The quantitative estimate of drug-likeness (QED) is 0.806. The van der Waals surface area contributed by atoms with Gasteiger partial charge in [-0.05, 0) is 35.7 Å². The van der Waals surface area contributed by atoms with Crippen LogP contribution < -0.4 is 10.6 Å². The molecule has 3 N–H and O–H groups in total. The second kappa shape index (κ2) is 6.51. The SMILES string of the molecule is N#Cc1ccc2c(c1)C[C@H](NC(=O)[C@@H](O)c1ccccc1)CN2. The maximum atomic E-state index is 12.2. The van der Waals surface area contributed by atoms with E-state index in [9.17, 15) is 9.90 Å². The van der Waals surface area contributed by atoms with Crippen molar-refractivity contribution in [3.05, 3.63) is 65.2 Å². The van der Waals surface area contributed by atoms with Crippen LogP contribution in [0.2, 0.25) is 0 Å². The molecule has 2 aromatic rings. The number of amides is 1. The summed E-state index contributed by atoms with van der Waals surface area (Å²) in [5, 5.41) is 25.2. The Balaban J connectivity index is 1.67. The molecule has 5 heteroatoms. The average molecular weight is 307 g/mol. The lowest BCUT2D eigenvalue weighted by atomic mass is 9.97. The van der Waals surface area contributed by atoms with Crippen LogP contribution in [0.3, 0.4) is 0 Å². The van der Waals surface area contributed by atoms with Crippen LogP contribution in [0.5, 0.6) is 0 Å². The van der Waals surface area contributed by atoms with Gasteiger partial charge in [-0.15, -0.1) is 0 Å². The number of aliphatic hydroxyl groups is 1. The second-order valence-electron chi connectivity index (χ2n) is 5.59. The molecule has 0 saturated carbocycles. The van der Waals surface area contributed by atoms with Gasteiger partial charge in [-0.25, -0.2) is 0 Å². The highest BCUT2D eigenvalue weighted by Crippen LogP contribution is 2.23. The molecule has 5 nitrogen and oxygen atoms in total. The Morgan fingerprint density at radius 3 is 2.83 bits per heavy atom. The van der Waals surface area contributed by atoms with E-state index in [1.165, 1.54) is 0 Å². The number of carbonyl (C=O) groups excluding carboxylic acids is 1. The van der Waals surface area contributed by atoms with Crippen molar-refractivity contribution in [2.45, 2.75) is 18.6 Å². The molecule has 2 aromatic carbocycles. The number of carbonyl (C=O) groups is 1. The van der Waals surface area contributed by atoms with Crippen LogP contribution in [0.1, 0.15) is 22.8 Å². The molecule has 0 radical (unpaired) electrons. The molecule has 0 fully saturated rings. The maximum Gasteiger partial charge on any atom is 0.253 e. The van der Waals surface area contributed by atoms with Crippen molar-refractivity contribution >= 4 is 11.6 Å². The van der Waals surface area contributed by atoms with Gasteiger partial charge < -0.3 is 15.7 Å². The molecular weight excluding hydrogens is 290 g/mol. The van der Waals surface area contributed by atoms with E-state index in [-0.39, 0.29) is 6.04 Å². The number of hydrogen-bond donors (Lipinski definition) is 3. The minimum absolute atomic E-state index is 0.123. The Bertz CT molecular complexity index is 753. The van der Waals surface area contributed by atoms with Crippen molar-refractivity contribution in [2.75, 3.05) is 11.9 Å². The number of fused-ring (bicyclic) bond motifs is 1. The minimum atomic E-state index is -1.18. The number of anilines is 1. The molecule has 0 aromatic heterocycles. The standard InChI is InChI=1S/C18H17N3O2/c19-10-12-6-7-16-14(8-12)9-15(11-20-16)21-18(23)17(22)13-4-2-1-3-5-13/h1-8,15,17,20,22H,9,11H2,(H,21,23)/t15-,17-/m0/s1. The van der Waals surface area contributed by atoms with E-state index in [1.54, 1.807) is 30.3 Å². The summed E-state index contributed by atoms with van der Waals surface area (Å²) < 4.78 is 0. The van der Waals surface area contributed by atoms with Gasteiger partial charge in [0.05, 0.1) is 17.7 Å². The molecular formula is C18H17N3O2. The lowest BCUT2D eigenvalue weighted by molar-refractivity contribution is -0.130. The van der Waals surface area contributed by atoms with E-state index in [1.807, 2.05) is 18.2 Å². The summed E-state index contributed by atoms with van der Waals surface area (Å²) in [5.74, 6) is -0.414. The zero-order chi connectivity index (χ0) is 16.2. The first-order chi connectivity index (χ1) is 11.2. The number of nitriles is 1. The van der Waals surface area contributed by atoms with Gasteiger partial charge in [0, 0.05) is 12.2 Å². The van der Waals surface area contributed by atoms with E-state index in [4.69, 9.17) is 5.26 Å². The van der Waals surface area contributed by atoms with E-state index in [0.717, 1.165) is 11.3 Å². The van der Waals surface area contributed by atoms with E-state index in [0.29, 0.717) is 24.1 Å². The summed E-state index contributed by atoms with van der Waals surface area (Å²) in [5.41, 5.74) is 3.15. The average Bonchev–Trinajstić information content (AvgIpc) is 2.61. The van der Waals surface area contributed by atoms with Crippen LogP contribution in [-0.4, -0.2) is 23.6 Å². The molecule has 1 amide bonds. The highest BCUT2D eigenvalue weighted by atomic mass is 16.3. The van der Waals surface area contributed by atoms with Crippen LogP contribution in [0, 0.1) is 11.3 Å². The number of benzene rings is 2. The lowest BCUT2D eigenvalue weighted by Crippen LogP contribution is -2.45. The summed E-state index contributed by atoms with van der Waals surface area (Å²) in [7, 11) is 0. The van der Waals surface area contributed by atoms with Crippen molar-refractivity contribution in [1.29, 1.82) is 5.26 Å². The molecule has 0 saturated heterocycles. The second-order valence-corrected chi connectivity index (χ2v) is 5.59. The van der Waals surface area contributed by atoms with Gasteiger partial charge in [-0.3, -0.25) is 4.79 Å². The topological polar surface area (TPSA) is 85.2 Å². The molecule has 0 spiro atoms. The molecule has 1 aliphatic heterocycles. The summed E-state index contributed by atoms with van der Waals surface area (Å²) in [6.45, 7) is 0.589. The molecule has 116 valence electrons. The van der Waals surface area contributed by atoms with Gasteiger partial charge in [0.1, 0.15) is 0 Å². The Labute approximate surface area is 134 Å². The number of aliphatic hydroxyl groups excluding tert-OH is 1. The number of nitrogens with zero attached hydrogens (tertiary/aromatic N) is 1. The van der Waals surface area contributed by atoms with E-state index in [2.05, 4.69) is 16.7 Å². The van der Waals surface area contributed by atoms with Crippen LogP contribution in [0.4, 0.5) is 5.69 Å². The predicted octanol–water partition coefficient (Wildman–Crippen LogP) is 1.74. The summed E-state index contributed by atoms with van der Waals surface area (Å²) in [4.78, 5) is 12.2. The first kappa shape index (κ1) is 15.1.